The molecule has 2 unspecified atom stereocenters. The summed E-state index contributed by atoms with van der Waals surface area (Å²) in [4.78, 5) is 9.64. The lowest BCUT2D eigenvalue weighted by molar-refractivity contribution is 0.0132. The van der Waals surface area contributed by atoms with E-state index in [1.54, 1.807) is 0 Å². The molecule has 158 valence electrons. The lowest BCUT2D eigenvalue weighted by atomic mass is 9.97. The van der Waals surface area contributed by atoms with E-state index in [0.717, 1.165) is 45.4 Å². The van der Waals surface area contributed by atoms with Crippen LogP contribution in [0.5, 0.6) is 0 Å². The number of hydrogen-bond donors (Lipinski definition) is 2. The SMILES string of the molecule is CN=C(NCC1CCCN(C(C)C)C1)NCC(CC(C)C)N1CCOCC1. The minimum Gasteiger partial charge on any atom is -0.379 e. The predicted octanol–water partition coefficient (Wildman–Crippen LogP) is 2.02. The number of hydrogen-bond acceptors (Lipinski definition) is 4. The van der Waals surface area contributed by atoms with E-state index in [0.29, 0.717) is 23.9 Å². The van der Waals surface area contributed by atoms with Crippen LogP contribution < -0.4 is 10.6 Å². The highest BCUT2D eigenvalue weighted by Gasteiger charge is 2.23. The number of morpholine rings is 1. The summed E-state index contributed by atoms with van der Waals surface area (Å²) in [6.07, 6.45) is 3.83. The summed E-state index contributed by atoms with van der Waals surface area (Å²) in [6.45, 7) is 17.4. The molecule has 27 heavy (non-hydrogen) atoms. The number of aliphatic imine (C=N–C) groups is 1. The van der Waals surface area contributed by atoms with Gasteiger partial charge in [-0.2, -0.15) is 0 Å². The third kappa shape index (κ3) is 7.96. The lowest BCUT2D eigenvalue weighted by Gasteiger charge is -2.36. The number of nitrogens with one attached hydrogen (secondary N) is 2. The van der Waals surface area contributed by atoms with Crippen molar-refractivity contribution >= 4 is 5.96 Å². The van der Waals surface area contributed by atoms with E-state index in [1.807, 2.05) is 7.05 Å². The quantitative estimate of drug-likeness (QED) is 0.498. The molecule has 0 amide bonds. The fraction of sp³-hybridized carbons (Fsp3) is 0.952. The van der Waals surface area contributed by atoms with Crippen LogP contribution in [0.3, 0.4) is 0 Å². The van der Waals surface area contributed by atoms with Crippen molar-refractivity contribution in [3.63, 3.8) is 0 Å². The first-order chi connectivity index (χ1) is 13.0. The Labute approximate surface area is 167 Å². The van der Waals surface area contributed by atoms with Gasteiger partial charge in [0.1, 0.15) is 0 Å². The Morgan fingerprint density at radius 2 is 1.81 bits per heavy atom. The molecule has 2 saturated heterocycles. The number of guanidine groups is 1. The highest BCUT2D eigenvalue weighted by atomic mass is 16.5. The zero-order valence-corrected chi connectivity index (χ0v) is 18.3. The molecule has 2 fully saturated rings. The average Bonchev–Trinajstić information content (AvgIpc) is 2.67. The number of piperidine rings is 1. The van der Waals surface area contributed by atoms with Crippen molar-refractivity contribution in [2.45, 2.75) is 59.0 Å². The molecule has 0 radical (unpaired) electrons. The Hall–Kier alpha value is -0.850. The average molecular weight is 382 g/mol. The van der Waals surface area contributed by atoms with Crippen LogP contribution in [0.25, 0.3) is 0 Å². The molecule has 6 nitrogen and oxygen atoms in total. The first kappa shape index (κ1) is 22.4. The van der Waals surface area contributed by atoms with Crippen LogP contribution in [0.2, 0.25) is 0 Å². The van der Waals surface area contributed by atoms with Crippen molar-refractivity contribution < 1.29 is 4.74 Å². The summed E-state index contributed by atoms with van der Waals surface area (Å²) in [6, 6.07) is 1.19. The normalized spacial score (nSPS) is 24.4. The Morgan fingerprint density at radius 3 is 2.44 bits per heavy atom. The summed E-state index contributed by atoms with van der Waals surface area (Å²) >= 11 is 0. The molecule has 2 heterocycles. The highest BCUT2D eigenvalue weighted by molar-refractivity contribution is 5.79. The molecule has 0 aliphatic carbocycles. The second-order valence-corrected chi connectivity index (χ2v) is 8.86. The fourth-order valence-corrected chi connectivity index (χ4v) is 4.26. The van der Waals surface area contributed by atoms with Crippen molar-refractivity contribution in [1.82, 2.24) is 20.4 Å². The number of rotatable bonds is 8. The Morgan fingerprint density at radius 1 is 1.07 bits per heavy atom. The molecule has 0 aromatic heterocycles. The van der Waals surface area contributed by atoms with Crippen LogP contribution in [0.1, 0.15) is 47.0 Å². The minimum absolute atomic E-state index is 0.540. The van der Waals surface area contributed by atoms with Gasteiger partial charge in [0.15, 0.2) is 5.96 Å². The maximum atomic E-state index is 5.53. The zero-order valence-electron chi connectivity index (χ0n) is 18.3. The van der Waals surface area contributed by atoms with Crippen LogP contribution in [0.15, 0.2) is 4.99 Å². The van der Waals surface area contributed by atoms with E-state index in [4.69, 9.17) is 4.74 Å². The molecule has 0 aromatic carbocycles. The Balaban J connectivity index is 1.78. The first-order valence-electron chi connectivity index (χ1n) is 11.0. The van der Waals surface area contributed by atoms with Gasteiger partial charge in [-0.1, -0.05) is 13.8 Å². The zero-order chi connectivity index (χ0) is 19.6. The van der Waals surface area contributed by atoms with E-state index in [9.17, 15) is 0 Å². The molecule has 2 atom stereocenters. The predicted molar refractivity (Wildman–Crippen MR) is 114 cm³/mol. The van der Waals surface area contributed by atoms with E-state index >= 15 is 0 Å². The molecular formula is C21H43N5O. The maximum absolute atomic E-state index is 5.53. The molecule has 2 N–H and O–H groups in total. The standard InChI is InChI=1S/C21H43N5O/c1-17(2)13-20(25-9-11-27-12-10-25)15-24-21(22-5)23-14-19-7-6-8-26(16-19)18(3)4/h17-20H,6-16H2,1-5H3,(H2,22,23,24). The summed E-state index contributed by atoms with van der Waals surface area (Å²) < 4.78 is 5.53. The van der Waals surface area contributed by atoms with Crippen molar-refractivity contribution in [2.75, 3.05) is 59.5 Å². The van der Waals surface area contributed by atoms with Crippen molar-refractivity contribution in [1.29, 1.82) is 0 Å². The molecular weight excluding hydrogens is 338 g/mol. The largest absolute Gasteiger partial charge is 0.379 e. The first-order valence-corrected chi connectivity index (χ1v) is 11.0. The topological polar surface area (TPSA) is 52.1 Å². The van der Waals surface area contributed by atoms with Crippen LogP contribution >= 0.6 is 0 Å². The summed E-state index contributed by atoms with van der Waals surface area (Å²) in [7, 11) is 1.88. The second kappa shape index (κ2) is 11.9. The third-order valence-corrected chi connectivity index (χ3v) is 5.87. The molecule has 6 heteroatoms. The molecule has 0 spiro atoms. The Kier molecular flexibility index (Phi) is 9.87. The summed E-state index contributed by atoms with van der Waals surface area (Å²) in [5, 5.41) is 7.17. The van der Waals surface area contributed by atoms with Crippen LogP contribution in [-0.4, -0.2) is 87.4 Å². The summed E-state index contributed by atoms with van der Waals surface area (Å²) in [5.41, 5.74) is 0. The molecule has 2 rings (SSSR count). The van der Waals surface area contributed by atoms with Gasteiger partial charge in [0.25, 0.3) is 0 Å². The molecule has 2 aliphatic heterocycles. The van der Waals surface area contributed by atoms with Crippen molar-refractivity contribution in [3.05, 3.63) is 0 Å². The number of ether oxygens (including phenoxy) is 1. The molecule has 0 aromatic rings. The van der Waals surface area contributed by atoms with E-state index in [1.165, 1.54) is 32.4 Å². The van der Waals surface area contributed by atoms with Crippen LogP contribution in [-0.2, 0) is 4.74 Å². The van der Waals surface area contributed by atoms with Crippen molar-refractivity contribution in [2.24, 2.45) is 16.8 Å². The smallest absolute Gasteiger partial charge is 0.191 e. The van der Waals surface area contributed by atoms with Crippen LogP contribution in [0.4, 0.5) is 0 Å². The van der Waals surface area contributed by atoms with Gasteiger partial charge in [-0.25, -0.2) is 0 Å². The third-order valence-electron chi connectivity index (χ3n) is 5.87. The van der Waals surface area contributed by atoms with Gasteiger partial charge < -0.3 is 20.3 Å². The highest BCUT2D eigenvalue weighted by Crippen LogP contribution is 2.17. The van der Waals surface area contributed by atoms with E-state index < -0.39 is 0 Å². The van der Waals surface area contributed by atoms with Gasteiger partial charge in [-0.3, -0.25) is 9.89 Å². The van der Waals surface area contributed by atoms with Gasteiger partial charge in [0, 0.05) is 51.9 Å². The fourth-order valence-electron chi connectivity index (χ4n) is 4.26. The summed E-state index contributed by atoms with van der Waals surface area (Å²) in [5.74, 6) is 2.35. The molecule has 2 aliphatic rings. The van der Waals surface area contributed by atoms with E-state index in [-0.39, 0.29) is 0 Å². The second-order valence-electron chi connectivity index (χ2n) is 8.86. The van der Waals surface area contributed by atoms with Crippen LogP contribution in [0, 0.1) is 11.8 Å². The van der Waals surface area contributed by atoms with Gasteiger partial charge in [0.2, 0.25) is 0 Å². The van der Waals surface area contributed by atoms with Gasteiger partial charge >= 0.3 is 0 Å². The van der Waals surface area contributed by atoms with Crippen molar-refractivity contribution in [3.8, 4) is 0 Å². The maximum Gasteiger partial charge on any atom is 0.191 e. The number of likely N-dealkylation sites (tertiary alicyclic amines) is 1. The molecule has 0 saturated carbocycles. The Bertz CT molecular complexity index is 434. The number of nitrogens with zero attached hydrogens (tertiary/aromatic N) is 3. The van der Waals surface area contributed by atoms with E-state index in [2.05, 4.69) is 53.1 Å². The molecule has 0 bridgehead atoms. The lowest BCUT2D eigenvalue weighted by Crippen LogP contribution is -2.52. The van der Waals surface area contributed by atoms with Gasteiger partial charge in [-0.15, -0.1) is 0 Å². The van der Waals surface area contributed by atoms with Gasteiger partial charge in [-0.05, 0) is 51.5 Å². The monoisotopic (exact) mass is 381 g/mol. The minimum atomic E-state index is 0.540. The van der Waals surface area contributed by atoms with Gasteiger partial charge in [0.05, 0.1) is 13.2 Å².